The Bertz CT molecular complexity index is 820. The Morgan fingerprint density at radius 1 is 1.24 bits per heavy atom. The van der Waals surface area contributed by atoms with E-state index in [1.54, 1.807) is 16.9 Å². The number of hydrogen-bond acceptors (Lipinski definition) is 4. The monoisotopic (exact) mass is 396 g/mol. The molecule has 3 atom stereocenters. The number of ether oxygens (including phenoxy) is 1. The molecule has 2 heterocycles. The third-order valence-corrected chi connectivity index (χ3v) is 6.51. The Kier molecular flexibility index (Phi) is 5.89. The summed E-state index contributed by atoms with van der Waals surface area (Å²) in [6.45, 7) is 1.01. The van der Waals surface area contributed by atoms with E-state index in [9.17, 15) is 14.7 Å². The number of amides is 2. The van der Waals surface area contributed by atoms with E-state index in [0.717, 1.165) is 36.8 Å². The number of piperazine rings is 1. The molecular formula is C23H28N2O4. The van der Waals surface area contributed by atoms with Gasteiger partial charge in [0.05, 0.1) is 25.2 Å². The van der Waals surface area contributed by atoms with Crippen LogP contribution >= 0.6 is 0 Å². The van der Waals surface area contributed by atoms with E-state index in [-0.39, 0.29) is 48.9 Å². The summed E-state index contributed by atoms with van der Waals surface area (Å²) in [6, 6.07) is 7.67. The molecule has 0 radical (unpaired) electrons. The van der Waals surface area contributed by atoms with Crippen molar-refractivity contribution in [3.63, 3.8) is 0 Å². The highest BCUT2D eigenvalue weighted by molar-refractivity contribution is 5.88. The van der Waals surface area contributed by atoms with Crippen LogP contribution in [0.25, 0.3) is 0 Å². The largest absolute Gasteiger partial charge is 0.394 e. The van der Waals surface area contributed by atoms with Crippen molar-refractivity contribution in [2.75, 3.05) is 33.4 Å². The molecule has 1 N–H and O–H groups in total. The molecule has 0 bridgehead atoms. The number of nitrogens with zero attached hydrogens (tertiary/aromatic N) is 2. The van der Waals surface area contributed by atoms with Crippen LogP contribution in [0.3, 0.4) is 0 Å². The molecule has 1 aromatic carbocycles. The fourth-order valence-corrected chi connectivity index (χ4v) is 5.10. The van der Waals surface area contributed by atoms with Gasteiger partial charge in [0.15, 0.2) is 0 Å². The molecule has 154 valence electrons. The number of fused-ring (bicyclic) bond motifs is 1. The first-order valence-electron chi connectivity index (χ1n) is 10.4. The van der Waals surface area contributed by atoms with Gasteiger partial charge in [-0.25, -0.2) is 0 Å². The minimum Gasteiger partial charge on any atom is -0.394 e. The predicted molar refractivity (Wildman–Crippen MR) is 108 cm³/mol. The highest BCUT2D eigenvalue weighted by Gasteiger charge is 2.54. The summed E-state index contributed by atoms with van der Waals surface area (Å²) in [6.07, 6.45) is 4.07. The third-order valence-electron chi connectivity index (χ3n) is 6.51. The number of benzene rings is 1. The zero-order chi connectivity index (χ0) is 20.4. The van der Waals surface area contributed by atoms with E-state index in [1.165, 1.54) is 0 Å². The SMILES string of the molecule is COCC#Cc1ccc([C@H]2[C@H](CO)N3C(=O)CN(C(=O)C4CCCC4)C[C@@H]23)cc1. The molecule has 2 aliphatic heterocycles. The number of aliphatic hydroxyl groups excluding tert-OH is 1. The van der Waals surface area contributed by atoms with Gasteiger partial charge in [-0.2, -0.15) is 0 Å². The summed E-state index contributed by atoms with van der Waals surface area (Å²) in [5.41, 5.74) is 1.98. The van der Waals surface area contributed by atoms with Crippen molar-refractivity contribution in [3.8, 4) is 11.8 Å². The van der Waals surface area contributed by atoms with Gasteiger partial charge < -0.3 is 19.6 Å². The van der Waals surface area contributed by atoms with Gasteiger partial charge in [-0.1, -0.05) is 36.8 Å². The number of hydrogen-bond donors (Lipinski definition) is 1. The summed E-state index contributed by atoms with van der Waals surface area (Å²) in [7, 11) is 1.61. The van der Waals surface area contributed by atoms with Crippen molar-refractivity contribution in [2.24, 2.45) is 5.92 Å². The van der Waals surface area contributed by atoms with Gasteiger partial charge in [0.1, 0.15) is 6.61 Å². The first-order chi connectivity index (χ1) is 14.1. The average Bonchev–Trinajstić information content (AvgIpc) is 3.25. The lowest BCUT2D eigenvalue weighted by Crippen LogP contribution is -2.73. The van der Waals surface area contributed by atoms with Crippen molar-refractivity contribution in [1.29, 1.82) is 0 Å². The Labute approximate surface area is 171 Å². The molecule has 2 saturated heterocycles. The maximum atomic E-state index is 12.9. The molecule has 6 heteroatoms. The first kappa shape index (κ1) is 19.9. The second-order valence-electron chi connectivity index (χ2n) is 8.20. The molecule has 2 amide bonds. The zero-order valence-corrected chi connectivity index (χ0v) is 16.8. The van der Waals surface area contributed by atoms with Crippen LogP contribution in [0, 0.1) is 17.8 Å². The summed E-state index contributed by atoms with van der Waals surface area (Å²) in [4.78, 5) is 29.1. The standard InChI is InChI=1S/C23H28N2O4/c1-29-12-4-5-16-8-10-17(11-9-16)22-19-13-24(23(28)18-6-2-3-7-18)14-21(27)25(19)20(22)15-26/h8-11,18-20,22,26H,2-3,6-7,12-15H2,1H3/t19-,20-,22+/m0/s1. The number of carbonyl (C=O) groups excluding carboxylic acids is 2. The molecule has 1 aromatic rings. The van der Waals surface area contributed by atoms with Crippen molar-refractivity contribution in [3.05, 3.63) is 35.4 Å². The Morgan fingerprint density at radius 3 is 2.62 bits per heavy atom. The molecule has 29 heavy (non-hydrogen) atoms. The lowest BCUT2D eigenvalue weighted by Gasteiger charge is -2.59. The van der Waals surface area contributed by atoms with Crippen molar-refractivity contribution in [1.82, 2.24) is 9.80 Å². The molecule has 3 aliphatic rings. The lowest BCUT2D eigenvalue weighted by atomic mass is 9.73. The van der Waals surface area contributed by atoms with Crippen molar-refractivity contribution >= 4 is 11.8 Å². The minimum atomic E-state index is -0.221. The molecule has 4 rings (SSSR count). The van der Waals surface area contributed by atoms with E-state index in [4.69, 9.17) is 4.74 Å². The van der Waals surface area contributed by atoms with Crippen LogP contribution in [0.5, 0.6) is 0 Å². The van der Waals surface area contributed by atoms with Gasteiger partial charge in [-0.05, 0) is 30.5 Å². The maximum Gasteiger partial charge on any atom is 0.242 e. The van der Waals surface area contributed by atoms with E-state index in [0.29, 0.717) is 13.2 Å². The second-order valence-corrected chi connectivity index (χ2v) is 8.20. The van der Waals surface area contributed by atoms with Gasteiger partial charge >= 0.3 is 0 Å². The highest BCUT2D eigenvalue weighted by Crippen LogP contribution is 2.43. The summed E-state index contributed by atoms with van der Waals surface area (Å²) >= 11 is 0. The van der Waals surface area contributed by atoms with Crippen LogP contribution in [0.1, 0.15) is 42.7 Å². The molecule has 0 spiro atoms. The van der Waals surface area contributed by atoms with Gasteiger partial charge in [-0.3, -0.25) is 9.59 Å². The van der Waals surface area contributed by atoms with Crippen LogP contribution in [0.4, 0.5) is 0 Å². The lowest BCUT2D eigenvalue weighted by molar-refractivity contribution is -0.168. The number of methoxy groups -OCH3 is 1. The summed E-state index contributed by atoms with van der Waals surface area (Å²) in [5.74, 6) is 6.17. The fraction of sp³-hybridized carbons (Fsp3) is 0.565. The zero-order valence-electron chi connectivity index (χ0n) is 16.8. The number of aliphatic hydroxyl groups is 1. The normalized spacial score (nSPS) is 26.6. The van der Waals surface area contributed by atoms with E-state index < -0.39 is 0 Å². The first-order valence-corrected chi connectivity index (χ1v) is 10.4. The van der Waals surface area contributed by atoms with Crippen LogP contribution in [0.15, 0.2) is 24.3 Å². The minimum absolute atomic E-state index is 0.0316. The predicted octanol–water partition coefficient (Wildman–Crippen LogP) is 1.37. The fourth-order valence-electron chi connectivity index (χ4n) is 5.10. The van der Waals surface area contributed by atoms with Crippen molar-refractivity contribution in [2.45, 2.75) is 43.7 Å². The number of rotatable bonds is 4. The second kappa shape index (κ2) is 8.56. The Balaban J connectivity index is 1.50. The maximum absolute atomic E-state index is 12.9. The van der Waals surface area contributed by atoms with Crippen molar-refractivity contribution < 1.29 is 19.4 Å². The van der Waals surface area contributed by atoms with Crippen LogP contribution in [-0.2, 0) is 14.3 Å². The smallest absolute Gasteiger partial charge is 0.242 e. The highest BCUT2D eigenvalue weighted by atomic mass is 16.5. The van der Waals surface area contributed by atoms with Crippen LogP contribution in [-0.4, -0.2) is 72.2 Å². The van der Waals surface area contributed by atoms with E-state index in [1.807, 2.05) is 24.3 Å². The molecule has 0 aromatic heterocycles. The Morgan fingerprint density at radius 2 is 1.97 bits per heavy atom. The topological polar surface area (TPSA) is 70.1 Å². The molecular weight excluding hydrogens is 368 g/mol. The van der Waals surface area contributed by atoms with Crippen LogP contribution < -0.4 is 0 Å². The van der Waals surface area contributed by atoms with E-state index >= 15 is 0 Å². The van der Waals surface area contributed by atoms with Crippen LogP contribution in [0.2, 0.25) is 0 Å². The van der Waals surface area contributed by atoms with Gasteiger partial charge in [0, 0.05) is 31.1 Å². The third kappa shape index (κ3) is 3.77. The van der Waals surface area contributed by atoms with Gasteiger partial charge in [-0.15, -0.1) is 0 Å². The molecule has 6 nitrogen and oxygen atoms in total. The average molecular weight is 396 g/mol. The molecule has 1 saturated carbocycles. The molecule has 3 fully saturated rings. The van der Waals surface area contributed by atoms with E-state index in [2.05, 4.69) is 11.8 Å². The molecule has 1 aliphatic carbocycles. The summed E-state index contributed by atoms with van der Waals surface area (Å²) in [5, 5.41) is 9.91. The van der Waals surface area contributed by atoms with Gasteiger partial charge in [0.25, 0.3) is 0 Å². The molecule has 0 unspecified atom stereocenters. The number of carbonyl (C=O) groups is 2. The van der Waals surface area contributed by atoms with Gasteiger partial charge in [0.2, 0.25) is 11.8 Å². The Hall–Kier alpha value is -2.36. The summed E-state index contributed by atoms with van der Waals surface area (Å²) < 4.78 is 4.95. The quantitative estimate of drug-likeness (QED) is 0.781.